The molecule has 2 N–H and O–H groups in total. The molecule has 0 amide bonds. The van der Waals surface area contributed by atoms with Crippen molar-refractivity contribution in [1.82, 2.24) is 0 Å². The number of nitrogens with two attached hydrogens (primary N) is 1. The van der Waals surface area contributed by atoms with E-state index in [1.54, 1.807) is 19.2 Å². The van der Waals surface area contributed by atoms with Crippen LogP contribution in [0.15, 0.2) is 42.5 Å². The molecule has 0 saturated heterocycles. The molecular weight excluding hydrogens is 255 g/mol. The fraction of sp³-hybridized carbons (Fsp3) is 0.250. The summed E-state index contributed by atoms with van der Waals surface area (Å²) < 4.78 is 19.4. The highest BCUT2D eigenvalue weighted by molar-refractivity contribution is 5.58. The van der Waals surface area contributed by atoms with Crippen LogP contribution in [0.3, 0.4) is 0 Å². The van der Waals surface area contributed by atoms with Crippen LogP contribution in [0.25, 0.3) is 0 Å². The molecule has 1 aliphatic heterocycles. The van der Waals surface area contributed by atoms with Crippen LogP contribution in [-0.4, -0.2) is 13.7 Å². The molecule has 0 aromatic heterocycles. The molecule has 0 saturated carbocycles. The molecule has 0 aliphatic carbocycles. The highest BCUT2D eigenvalue weighted by Gasteiger charge is 2.32. The van der Waals surface area contributed by atoms with Crippen molar-refractivity contribution in [2.45, 2.75) is 12.6 Å². The van der Waals surface area contributed by atoms with Gasteiger partial charge >= 0.3 is 0 Å². The van der Waals surface area contributed by atoms with E-state index in [9.17, 15) is 4.39 Å². The first kappa shape index (κ1) is 12.9. The number of hydrogen-bond donors (Lipinski definition) is 1. The molecule has 1 atom stereocenters. The molecular formula is C16H17FN2O. The summed E-state index contributed by atoms with van der Waals surface area (Å²) in [6, 6.07) is 12.7. The number of rotatable bonds is 3. The summed E-state index contributed by atoms with van der Waals surface area (Å²) in [5, 5.41) is 0. The van der Waals surface area contributed by atoms with E-state index in [0.717, 1.165) is 16.9 Å². The van der Waals surface area contributed by atoms with Gasteiger partial charge in [-0.15, -0.1) is 0 Å². The Morgan fingerprint density at radius 1 is 1.25 bits per heavy atom. The van der Waals surface area contributed by atoms with Gasteiger partial charge in [-0.1, -0.05) is 24.3 Å². The normalized spacial score (nSPS) is 17.1. The quantitative estimate of drug-likeness (QED) is 0.933. The maximum absolute atomic E-state index is 14.0. The van der Waals surface area contributed by atoms with Gasteiger partial charge in [-0.05, 0) is 23.8 Å². The van der Waals surface area contributed by atoms with Crippen molar-refractivity contribution in [3.8, 4) is 5.75 Å². The van der Waals surface area contributed by atoms with Crippen molar-refractivity contribution in [2.24, 2.45) is 5.73 Å². The molecule has 1 heterocycles. The van der Waals surface area contributed by atoms with Gasteiger partial charge in [-0.2, -0.15) is 0 Å². The lowest BCUT2D eigenvalue weighted by Crippen LogP contribution is -2.28. The number of halogens is 1. The van der Waals surface area contributed by atoms with Gasteiger partial charge in [0.2, 0.25) is 0 Å². The fourth-order valence-corrected chi connectivity index (χ4v) is 2.90. The zero-order chi connectivity index (χ0) is 14.1. The van der Waals surface area contributed by atoms with Crippen LogP contribution in [0.5, 0.6) is 5.75 Å². The molecule has 0 bridgehead atoms. The van der Waals surface area contributed by atoms with Crippen LogP contribution < -0.4 is 15.4 Å². The smallest absolute Gasteiger partial charge is 0.146 e. The van der Waals surface area contributed by atoms with E-state index in [4.69, 9.17) is 10.5 Å². The van der Waals surface area contributed by atoms with Crippen molar-refractivity contribution in [1.29, 1.82) is 0 Å². The van der Waals surface area contributed by atoms with E-state index in [-0.39, 0.29) is 11.9 Å². The Labute approximate surface area is 117 Å². The second-order valence-corrected chi connectivity index (χ2v) is 4.86. The van der Waals surface area contributed by atoms with E-state index in [2.05, 4.69) is 0 Å². The van der Waals surface area contributed by atoms with Gasteiger partial charge in [-0.3, -0.25) is 0 Å². The second kappa shape index (κ2) is 5.13. The first-order valence-corrected chi connectivity index (χ1v) is 6.63. The Hall–Kier alpha value is -2.07. The van der Waals surface area contributed by atoms with Crippen LogP contribution in [0, 0.1) is 5.82 Å². The number of ether oxygens (including phenoxy) is 1. The van der Waals surface area contributed by atoms with Gasteiger partial charge in [0.15, 0.2) is 0 Å². The largest absolute Gasteiger partial charge is 0.496 e. The fourth-order valence-electron chi connectivity index (χ4n) is 2.90. The summed E-state index contributed by atoms with van der Waals surface area (Å²) in [6.45, 7) is 1.05. The van der Waals surface area contributed by atoms with E-state index in [1.807, 2.05) is 29.2 Å². The molecule has 104 valence electrons. The molecule has 0 radical (unpaired) electrons. The average Bonchev–Trinajstić information content (AvgIpc) is 2.85. The van der Waals surface area contributed by atoms with Gasteiger partial charge in [0.1, 0.15) is 11.6 Å². The standard InChI is InChI=1S/C16H17FN2O/c1-20-16-8-4-5-11-12(16)10-19(15(11)9-18)14-7-3-2-6-13(14)17/h2-8,15H,9-10,18H2,1H3. The van der Waals surface area contributed by atoms with Crippen molar-refractivity contribution in [3.63, 3.8) is 0 Å². The van der Waals surface area contributed by atoms with Crippen LogP contribution >= 0.6 is 0 Å². The number of hydrogen-bond acceptors (Lipinski definition) is 3. The molecule has 3 rings (SSSR count). The highest BCUT2D eigenvalue weighted by Crippen LogP contribution is 2.41. The number of anilines is 1. The lowest BCUT2D eigenvalue weighted by atomic mass is 10.0. The Balaban J connectivity index is 2.07. The van der Waals surface area contributed by atoms with Crippen LogP contribution in [0.4, 0.5) is 10.1 Å². The van der Waals surface area contributed by atoms with E-state index in [0.29, 0.717) is 18.8 Å². The summed E-state index contributed by atoms with van der Waals surface area (Å²) in [5.74, 6) is 0.609. The SMILES string of the molecule is COc1cccc2c1CN(c1ccccc1F)C2CN. The lowest BCUT2D eigenvalue weighted by molar-refractivity contribution is 0.410. The van der Waals surface area contributed by atoms with E-state index in [1.165, 1.54) is 6.07 Å². The molecule has 1 unspecified atom stereocenters. The summed E-state index contributed by atoms with van der Waals surface area (Å²) in [4.78, 5) is 2.00. The Morgan fingerprint density at radius 2 is 2.05 bits per heavy atom. The van der Waals surface area contributed by atoms with Crippen molar-refractivity contribution < 1.29 is 9.13 Å². The summed E-state index contributed by atoms with van der Waals surface area (Å²) in [7, 11) is 1.65. The molecule has 4 heteroatoms. The predicted molar refractivity (Wildman–Crippen MR) is 77.4 cm³/mol. The molecule has 2 aromatic carbocycles. The molecule has 2 aromatic rings. The molecule has 3 nitrogen and oxygen atoms in total. The van der Waals surface area contributed by atoms with Crippen LogP contribution in [0.2, 0.25) is 0 Å². The number of fused-ring (bicyclic) bond motifs is 1. The maximum atomic E-state index is 14.0. The summed E-state index contributed by atoms with van der Waals surface area (Å²) in [5.41, 5.74) is 8.71. The Morgan fingerprint density at radius 3 is 2.75 bits per heavy atom. The Kier molecular flexibility index (Phi) is 3.32. The first-order chi connectivity index (χ1) is 9.76. The topological polar surface area (TPSA) is 38.5 Å². The monoisotopic (exact) mass is 272 g/mol. The van der Waals surface area contributed by atoms with Gasteiger partial charge < -0.3 is 15.4 Å². The number of nitrogens with zero attached hydrogens (tertiary/aromatic N) is 1. The predicted octanol–water partition coefficient (Wildman–Crippen LogP) is 2.85. The Bertz CT molecular complexity index is 630. The lowest BCUT2D eigenvalue weighted by Gasteiger charge is -2.26. The van der Waals surface area contributed by atoms with Crippen molar-refractivity contribution >= 4 is 5.69 Å². The minimum absolute atomic E-state index is 0.0167. The minimum atomic E-state index is -0.224. The van der Waals surface area contributed by atoms with E-state index >= 15 is 0 Å². The molecule has 0 fully saturated rings. The number of para-hydroxylation sites is 1. The highest BCUT2D eigenvalue weighted by atomic mass is 19.1. The van der Waals surface area contributed by atoms with E-state index < -0.39 is 0 Å². The van der Waals surface area contributed by atoms with Crippen molar-refractivity contribution in [2.75, 3.05) is 18.6 Å². The minimum Gasteiger partial charge on any atom is -0.496 e. The number of benzene rings is 2. The van der Waals surface area contributed by atoms with Gasteiger partial charge in [0.25, 0.3) is 0 Å². The summed E-state index contributed by atoms with van der Waals surface area (Å²) >= 11 is 0. The molecule has 20 heavy (non-hydrogen) atoms. The third-order valence-corrected chi connectivity index (χ3v) is 3.84. The third kappa shape index (κ3) is 1.93. The zero-order valence-electron chi connectivity index (χ0n) is 11.3. The number of methoxy groups -OCH3 is 1. The second-order valence-electron chi connectivity index (χ2n) is 4.86. The van der Waals surface area contributed by atoms with Gasteiger partial charge in [-0.25, -0.2) is 4.39 Å². The van der Waals surface area contributed by atoms with Crippen LogP contribution in [0.1, 0.15) is 17.2 Å². The van der Waals surface area contributed by atoms with Gasteiger partial charge in [0.05, 0.1) is 18.8 Å². The average molecular weight is 272 g/mol. The van der Waals surface area contributed by atoms with Gasteiger partial charge in [0, 0.05) is 18.7 Å². The maximum Gasteiger partial charge on any atom is 0.146 e. The molecule has 0 spiro atoms. The summed E-state index contributed by atoms with van der Waals surface area (Å²) in [6.07, 6.45) is 0. The van der Waals surface area contributed by atoms with Crippen LogP contribution in [-0.2, 0) is 6.54 Å². The molecule has 1 aliphatic rings. The van der Waals surface area contributed by atoms with Crippen molar-refractivity contribution in [3.05, 3.63) is 59.4 Å². The first-order valence-electron chi connectivity index (χ1n) is 6.63. The third-order valence-electron chi connectivity index (χ3n) is 3.84. The zero-order valence-corrected chi connectivity index (χ0v) is 11.3.